The van der Waals surface area contributed by atoms with E-state index >= 15 is 0 Å². The Labute approximate surface area is 62.6 Å². The average molecular weight is 157 g/mol. The monoisotopic (exact) mass is 157 g/mol. The average Bonchev–Trinajstić information content (AvgIpc) is 1.85. The van der Waals surface area contributed by atoms with Crippen LogP contribution in [0.4, 0.5) is 0 Å². The van der Waals surface area contributed by atoms with Gasteiger partial charge in [0.2, 0.25) is 0 Å². The highest BCUT2D eigenvalue weighted by Crippen LogP contribution is 2.06. The first kappa shape index (κ1) is 7.27. The predicted molar refractivity (Wildman–Crippen MR) is 42.2 cm³/mol. The summed E-state index contributed by atoms with van der Waals surface area (Å²) in [5, 5.41) is 0.453. The largest absolute Gasteiger partial charge is 0.387 e. The molecular formula is C5H7N3OS. The number of carbonyl (C=O) groups is 1. The van der Waals surface area contributed by atoms with E-state index in [-0.39, 0.29) is 12.3 Å². The van der Waals surface area contributed by atoms with Crippen molar-refractivity contribution in [2.24, 2.45) is 15.7 Å². The van der Waals surface area contributed by atoms with E-state index in [1.54, 1.807) is 6.26 Å². The Morgan fingerprint density at radius 3 is 2.80 bits per heavy atom. The molecule has 5 heteroatoms. The third-order valence-corrected chi connectivity index (χ3v) is 1.52. The van der Waals surface area contributed by atoms with Gasteiger partial charge in [-0.25, -0.2) is 4.99 Å². The minimum Gasteiger partial charge on any atom is -0.387 e. The molecule has 0 aromatic heterocycles. The molecule has 0 radical (unpaired) electrons. The number of amides is 1. The molecule has 0 saturated carbocycles. The molecule has 1 rings (SSSR count). The van der Waals surface area contributed by atoms with Crippen molar-refractivity contribution in [1.82, 2.24) is 0 Å². The van der Waals surface area contributed by atoms with Crippen molar-refractivity contribution in [1.29, 1.82) is 0 Å². The molecule has 0 fully saturated rings. The van der Waals surface area contributed by atoms with Gasteiger partial charge in [-0.2, -0.15) is 4.99 Å². The summed E-state index contributed by atoms with van der Waals surface area (Å²) in [5.74, 6) is 0.140. The Balaban J connectivity index is 2.82. The van der Waals surface area contributed by atoms with Crippen molar-refractivity contribution < 1.29 is 4.79 Å². The molecule has 0 saturated heterocycles. The summed E-state index contributed by atoms with van der Waals surface area (Å²) in [6, 6.07) is 0. The molecule has 0 spiro atoms. The van der Waals surface area contributed by atoms with Crippen LogP contribution in [0.3, 0.4) is 0 Å². The van der Waals surface area contributed by atoms with Crippen LogP contribution in [0.15, 0.2) is 9.98 Å². The van der Waals surface area contributed by atoms with Gasteiger partial charge in [-0.3, -0.25) is 4.79 Å². The lowest BCUT2D eigenvalue weighted by Gasteiger charge is -2.03. The molecule has 54 valence electrons. The van der Waals surface area contributed by atoms with Gasteiger partial charge in [0, 0.05) is 0 Å². The number of hydrogen-bond donors (Lipinski definition) is 1. The smallest absolute Gasteiger partial charge is 0.255 e. The molecule has 0 atom stereocenters. The number of nitrogens with two attached hydrogens (primary N) is 1. The van der Waals surface area contributed by atoms with Gasteiger partial charge in [-0.15, -0.1) is 0 Å². The molecule has 4 nitrogen and oxygen atoms in total. The van der Waals surface area contributed by atoms with Crippen LogP contribution in [0.5, 0.6) is 0 Å². The molecule has 1 amide bonds. The topological polar surface area (TPSA) is 67.8 Å². The second-order valence-corrected chi connectivity index (χ2v) is 2.55. The van der Waals surface area contributed by atoms with Gasteiger partial charge in [0.25, 0.3) is 5.91 Å². The summed E-state index contributed by atoms with van der Waals surface area (Å²) >= 11 is 1.31. The summed E-state index contributed by atoms with van der Waals surface area (Å²) in [4.78, 5) is 18.1. The molecule has 1 heterocycles. The zero-order chi connectivity index (χ0) is 7.56. The molecule has 0 aromatic carbocycles. The maximum absolute atomic E-state index is 10.7. The van der Waals surface area contributed by atoms with Crippen molar-refractivity contribution in [3.63, 3.8) is 0 Å². The first-order valence-electron chi connectivity index (χ1n) is 2.71. The van der Waals surface area contributed by atoms with E-state index in [2.05, 4.69) is 9.98 Å². The highest BCUT2D eigenvalue weighted by atomic mass is 32.2. The van der Waals surface area contributed by atoms with Crippen LogP contribution >= 0.6 is 11.8 Å². The van der Waals surface area contributed by atoms with Gasteiger partial charge < -0.3 is 5.73 Å². The second-order valence-electron chi connectivity index (χ2n) is 1.77. The highest BCUT2D eigenvalue weighted by Gasteiger charge is 2.10. The maximum atomic E-state index is 10.7. The normalized spacial score (nSPS) is 18.3. The van der Waals surface area contributed by atoms with E-state index < -0.39 is 0 Å². The van der Waals surface area contributed by atoms with Crippen LogP contribution < -0.4 is 5.73 Å². The minimum atomic E-state index is -0.211. The number of thioether (sulfide) groups is 1. The molecule has 2 N–H and O–H groups in total. The number of aliphatic imine (C=N–C) groups is 2. The molecule has 0 aromatic rings. The fourth-order valence-electron chi connectivity index (χ4n) is 0.580. The number of rotatable bonds is 0. The van der Waals surface area contributed by atoms with Crippen molar-refractivity contribution >= 4 is 28.7 Å². The van der Waals surface area contributed by atoms with Crippen molar-refractivity contribution in [2.45, 2.75) is 6.42 Å². The predicted octanol–water partition coefficient (Wildman–Crippen LogP) is -0.00710. The van der Waals surface area contributed by atoms with Gasteiger partial charge in [-0.1, -0.05) is 11.8 Å². The van der Waals surface area contributed by atoms with E-state index in [0.717, 1.165) is 0 Å². The summed E-state index contributed by atoms with van der Waals surface area (Å²) in [5.41, 5.74) is 5.33. The van der Waals surface area contributed by atoms with Gasteiger partial charge >= 0.3 is 0 Å². The Morgan fingerprint density at radius 2 is 2.30 bits per heavy atom. The minimum absolute atomic E-state index is 0.157. The summed E-state index contributed by atoms with van der Waals surface area (Å²) < 4.78 is 0. The molecule has 0 unspecified atom stereocenters. The third kappa shape index (κ3) is 1.57. The van der Waals surface area contributed by atoms with Crippen LogP contribution in [-0.4, -0.2) is 23.2 Å². The molecule has 10 heavy (non-hydrogen) atoms. The van der Waals surface area contributed by atoms with Crippen LogP contribution in [0, 0.1) is 0 Å². The lowest BCUT2D eigenvalue weighted by Crippen LogP contribution is -2.21. The van der Waals surface area contributed by atoms with E-state index in [1.807, 2.05) is 0 Å². The van der Waals surface area contributed by atoms with E-state index in [0.29, 0.717) is 11.0 Å². The Kier molecular flexibility index (Phi) is 2.06. The first-order valence-corrected chi connectivity index (χ1v) is 3.93. The van der Waals surface area contributed by atoms with Crippen molar-refractivity contribution in [3.05, 3.63) is 0 Å². The third-order valence-electron chi connectivity index (χ3n) is 0.975. The fraction of sp³-hybridized carbons (Fsp3) is 0.400. The van der Waals surface area contributed by atoms with Crippen molar-refractivity contribution in [3.8, 4) is 0 Å². The molecule has 0 aliphatic carbocycles. The zero-order valence-electron chi connectivity index (χ0n) is 5.50. The lowest BCUT2D eigenvalue weighted by molar-refractivity contribution is -0.116. The van der Waals surface area contributed by atoms with Gasteiger partial charge in [-0.05, 0) is 6.26 Å². The lowest BCUT2D eigenvalue weighted by atomic mass is 10.4. The van der Waals surface area contributed by atoms with Crippen LogP contribution in [0.2, 0.25) is 0 Å². The molecule has 1 aliphatic rings. The van der Waals surface area contributed by atoms with Crippen LogP contribution in [0.25, 0.3) is 0 Å². The highest BCUT2D eigenvalue weighted by molar-refractivity contribution is 8.13. The number of nitrogens with zero attached hydrogens (tertiary/aromatic N) is 2. The summed E-state index contributed by atoms with van der Waals surface area (Å²) in [6.45, 7) is 0. The standard InChI is InChI=1S/C5H7N3OS/c1-10-5-7-3(6)2-4(9)8-5/h2H2,1H3,(H2,6,7,8,9). The Morgan fingerprint density at radius 1 is 1.60 bits per heavy atom. The van der Waals surface area contributed by atoms with Crippen molar-refractivity contribution in [2.75, 3.05) is 6.26 Å². The van der Waals surface area contributed by atoms with Crippen LogP contribution in [-0.2, 0) is 4.79 Å². The molecule has 0 bridgehead atoms. The zero-order valence-corrected chi connectivity index (χ0v) is 6.31. The number of amidine groups is 2. The number of hydrogen-bond acceptors (Lipinski definition) is 4. The van der Waals surface area contributed by atoms with E-state index in [9.17, 15) is 4.79 Å². The first-order chi connectivity index (χ1) is 4.72. The van der Waals surface area contributed by atoms with E-state index in [4.69, 9.17) is 5.73 Å². The molecule has 1 aliphatic heterocycles. The summed E-state index contributed by atoms with van der Waals surface area (Å²) in [6.07, 6.45) is 1.96. The number of carbonyl (C=O) groups excluding carboxylic acids is 1. The Bertz CT molecular complexity index is 221. The van der Waals surface area contributed by atoms with Gasteiger partial charge in [0.15, 0.2) is 5.17 Å². The molecular weight excluding hydrogens is 150 g/mol. The van der Waals surface area contributed by atoms with Gasteiger partial charge in [0.1, 0.15) is 5.84 Å². The maximum Gasteiger partial charge on any atom is 0.255 e. The van der Waals surface area contributed by atoms with Gasteiger partial charge in [0.05, 0.1) is 6.42 Å². The Hall–Kier alpha value is -0.840. The quantitative estimate of drug-likeness (QED) is 0.538. The summed E-state index contributed by atoms with van der Waals surface area (Å²) in [7, 11) is 0. The van der Waals surface area contributed by atoms with Crippen LogP contribution in [0.1, 0.15) is 6.42 Å². The fourth-order valence-corrected chi connectivity index (χ4v) is 0.981. The SMILES string of the molecule is CSC1=NC(=O)CC(N)=N1. The van der Waals surface area contributed by atoms with E-state index in [1.165, 1.54) is 11.8 Å². The second kappa shape index (κ2) is 2.83.